The summed E-state index contributed by atoms with van der Waals surface area (Å²) in [6.07, 6.45) is 0. The molecule has 0 bridgehead atoms. The summed E-state index contributed by atoms with van der Waals surface area (Å²) < 4.78 is 32.4. The number of nitrogens with one attached hydrogen (secondary N) is 2. The molecule has 0 saturated heterocycles. The Morgan fingerprint density at radius 3 is 2.62 bits per heavy atom. The maximum Gasteiger partial charge on any atom is 0.292 e. The van der Waals surface area contributed by atoms with E-state index in [-0.39, 0.29) is 10.9 Å². The van der Waals surface area contributed by atoms with Crippen LogP contribution in [0.2, 0.25) is 0 Å². The Morgan fingerprint density at radius 1 is 1.19 bits per heavy atom. The molecule has 26 heavy (non-hydrogen) atoms. The minimum Gasteiger partial charge on any atom is -0.438 e. The van der Waals surface area contributed by atoms with Crippen molar-refractivity contribution in [3.8, 4) is 0 Å². The van der Waals surface area contributed by atoms with Crippen molar-refractivity contribution in [3.05, 3.63) is 65.5 Å². The van der Waals surface area contributed by atoms with Crippen LogP contribution < -0.4 is 10.0 Å². The summed E-state index contributed by atoms with van der Waals surface area (Å²) in [6.45, 7) is 2.31. The van der Waals surface area contributed by atoms with Gasteiger partial charge in [0.15, 0.2) is 5.76 Å². The summed E-state index contributed by atoms with van der Waals surface area (Å²) in [5.41, 5.74) is 1.78. The fraction of sp³-hybridized carbons (Fsp3) is 0.176. The molecule has 3 rings (SSSR count). The van der Waals surface area contributed by atoms with Crippen molar-refractivity contribution in [1.29, 1.82) is 0 Å². The summed E-state index contributed by atoms with van der Waals surface area (Å²) in [5, 5.41) is 6.76. The van der Waals surface area contributed by atoms with E-state index >= 15 is 0 Å². The van der Waals surface area contributed by atoms with Gasteiger partial charge in [0.05, 0.1) is 12.2 Å². The lowest BCUT2D eigenvalue weighted by Gasteiger charge is -2.08. The van der Waals surface area contributed by atoms with Crippen molar-refractivity contribution in [1.82, 2.24) is 14.5 Å². The van der Waals surface area contributed by atoms with E-state index in [1.807, 2.05) is 37.3 Å². The van der Waals surface area contributed by atoms with Crippen molar-refractivity contribution < 1.29 is 17.6 Å². The van der Waals surface area contributed by atoms with Gasteiger partial charge in [-0.2, -0.15) is 5.10 Å². The molecule has 3 aromatic rings. The van der Waals surface area contributed by atoms with Gasteiger partial charge in [-0.3, -0.25) is 4.79 Å². The van der Waals surface area contributed by atoms with Gasteiger partial charge in [0, 0.05) is 6.07 Å². The van der Waals surface area contributed by atoms with E-state index in [2.05, 4.69) is 15.1 Å². The molecule has 0 aliphatic carbocycles. The van der Waals surface area contributed by atoms with Crippen LogP contribution in [-0.4, -0.2) is 31.2 Å². The first-order chi connectivity index (χ1) is 12.4. The number of amides is 1. The van der Waals surface area contributed by atoms with Crippen LogP contribution >= 0.6 is 0 Å². The lowest BCUT2D eigenvalue weighted by molar-refractivity contribution is 0.0990. The first-order valence-electron chi connectivity index (χ1n) is 7.82. The number of sulfonamides is 1. The predicted octanol–water partition coefficient (Wildman–Crippen LogP) is 1.99. The van der Waals surface area contributed by atoms with Crippen LogP contribution in [0.25, 0.3) is 0 Å². The molecule has 0 aliphatic heterocycles. The third-order valence-corrected chi connectivity index (χ3v) is 4.94. The molecule has 0 aliphatic rings. The van der Waals surface area contributed by atoms with Crippen molar-refractivity contribution >= 4 is 21.7 Å². The van der Waals surface area contributed by atoms with E-state index in [9.17, 15) is 13.2 Å². The van der Waals surface area contributed by atoms with Gasteiger partial charge in [0.25, 0.3) is 15.9 Å². The Hall–Kier alpha value is -2.91. The van der Waals surface area contributed by atoms with E-state index in [1.54, 1.807) is 10.7 Å². The number of furan rings is 1. The van der Waals surface area contributed by atoms with Crippen molar-refractivity contribution in [2.45, 2.75) is 18.6 Å². The number of aromatic nitrogens is 2. The SMILES string of the molecule is CNS(=O)(=O)c1ccc(C(=O)Nc2cc(C)nn2Cc2ccccc2)o1. The van der Waals surface area contributed by atoms with Gasteiger partial charge in [-0.25, -0.2) is 17.8 Å². The lowest BCUT2D eigenvalue weighted by atomic mass is 10.2. The Bertz CT molecular complexity index is 1020. The Labute approximate surface area is 150 Å². The smallest absolute Gasteiger partial charge is 0.292 e. The fourth-order valence-electron chi connectivity index (χ4n) is 2.39. The van der Waals surface area contributed by atoms with E-state index in [1.165, 1.54) is 19.2 Å². The molecule has 136 valence electrons. The minimum atomic E-state index is -3.74. The summed E-state index contributed by atoms with van der Waals surface area (Å²) in [5.74, 6) is -0.175. The van der Waals surface area contributed by atoms with E-state index in [0.29, 0.717) is 12.4 Å². The van der Waals surface area contributed by atoms with Crippen LogP contribution in [0.4, 0.5) is 5.82 Å². The molecule has 0 atom stereocenters. The summed E-state index contributed by atoms with van der Waals surface area (Å²) >= 11 is 0. The van der Waals surface area contributed by atoms with Gasteiger partial charge >= 0.3 is 0 Å². The van der Waals surface area contributed by atoms with Crippen molar-refractivity contribution in [2.75, 3.05) is 12.4 Å². The topological polar surface area (TPSA) is 106 Å². The largest absolute Gasteiger partial charge is 0.438 e. The van der Waals surface area contributed by atoms with Crippen LogP contribution in [0, 0.1) is 6.92 Å². The quantitative estimate of drug-likeness (QED) is 0.686. The number of benzene rings is 1. The Kier molecular flexibility index (Phi) is 4.92. The molecule has 9 heteroatoms. The maximum atomic E-state index is 12.4. The molecule has 2 N–H and O–H groups in total. The summed E-state index contributed by atoms with van der Waals surface area (Å²) in [6, 6.07) is 14.0. The zero-order valence-corrected chi connectivity index (χ0v) is 15.1. The number of carbonyl (C=O) groups excluding carboxylic acids is 1. The van der Waals surface area contributed by atoms with Crippen LogP contribution in [0.5, 0.6) is 0 Å². The van der Waals surface area contributed by atoms with Crippen LogP contribution in [0.3, 0.4) is 0 Å². The normalized spacial score (nSPS) is 11.5. The standard InChI is InChI=1S/C17H18N4O4S/c1-12-10-15(21(20-12)11-13-6-4-3-5-7-13)19-17(22)14-8-9-16(25-14)26(23,24)18-2/h3-10,18H,11H2,1-2H3,(H,19,22). The monoisotopic (exact) mass is 374 g/mol. The molecule has 1 aromatic carbocycles. The number of carbonyl (C=O) groups is 1. The van der Waals surface area contributed by atoms with E-state index < -0.39 is 15.9 Å². The van der Waals surface area contributed by atoms with Gasteiger partial charge in [-0.05, 0) is 31.7 Å². The predicted molar refractivity (Wildman–Crippen MR) is 95.4 cm³/mol. The highest BCUT2D eigenvalue weighted by Gasteiger charge is 2.20. The molecule has 0 spiro atoms. The van der Waals surface area contributed by atoms with Crippen molar-refractivity contribution in [2.24, 2.45) is 0 Å². The van der Waals surface area contributed by atoms with Gasteiger partial charge in [-0.1, -0.05) is 30.3 Å². The van der Waals surface area contributed by atoms with Gasteiger partial charge in [0.1, 0.15) is 5.82 Å². The lowest BCUT2D eigenvalue weighted by Crippen LogP contribution is -2.18. The number of rotatable bonds is 6. The van der Waals surface area contributed by atoms with E-state index in [4.69, 9.17) is 4.42 Å². The highest BCUT2D eigenvalue weighted by molar-refractivity contribution is 7.89. The fourth-order valence-corrected chi connectivity index (χ4v) is 3.04. The molecule has 0 saturated carbocycles. The molecule has 2 aromatic heterocycles. The first kappa shape index (κ1) is 17.9. The zero-order chi connectivity index (χ0) is 18.7. The number of anilines is 1. The summed E-state index contributed by atoms with van der Waals surface area (Å²) in [7, 11) is -2.48. The average molecular weight is 374 g/mol. The highest BCUT2D eigenvalue weighted by atomic mass is 32.2. The third-order valence-electron chi connectivity index (χ3n) is 3.66. The maximum absolute atomic E-state index is 12.4. The Balaban J connectivity index is 1.80. The second-order valence-electron chi connectivity index (χ2n) is 5.59. The van der Waals surface area contributed by atoms with Crippen LogP contribution in [-0.2, 0) is 16.6 Å². The molecular formula is C17H18N4O4S. The molecule has 1 amide bonds. The second kappa shape index (κ2) is 7.14. The molecule has 2 heterocycles. The number of hydrogen-bond donors (Lipinski definition) is 2. The first-order valence-corrected chi connectivity index (χ1v) is 9.30. The van der Waals surface area contributed by atoms with Crippen LogP contribution in [0.15, 0.2) is 58.0 Å². The highest BCUT2D eigenvalue weighted by Crippen LogP contribution is 2.17. The third kappa shape index (κ3) is 3.84. The zero-order valence-electron chi connectivity index (χ0n) is 14.3. The number of aryl methyl sites for hydroxylation is 1. The van der Waals surface area contributed by atoms with Gasteiger partial charge < -0.3 is 9.73 Å². The number of nitrogens with zero attached hydrogens (tertiary/aromatic N) is 2. The van der Waals surface area contributed by atoms with Crippen LogP contribution in [0.1, 0.15) is 21.8 Å². The summed E-state index contributed by atoms with van der Waals surface area (Å²) in [4.78, 5) is 12.4. The van der Waals surface area contributed by atoms with Gasteiger partial charge in [-0.15, -0.1) is 0 Å². The molecular weight excluding hydrogens is 356 g/mol. The second-order valence-corrected chi connectivity index (χ2v) is 7.41. The minimum absolute atomic E-state index is 0.107. The number of hydrogen-bond acceptors (Lipinski definition) is 5. The average Bonchev–Trinajstić information content (AvgIpc) is 3.24. The van der Waals surface area contributed by atoms with E-state index in [0.717, 1.165) is 11.3 Å². The Morgan fingerprint density at radius 2 is 1.92 bits per heavy atom. The van der Waals surface area contributed by atoms with Gasteiger partial charge in [0.2, 0.25) is 5.09 Å². The molecule has 0 fully saturated rings. The molecule has 0 radical (unpaired) electrons. The van der Waals surface area contributed by atoms with Crippen molar-refractivity contribution in [3.63, 3.8) is 0 Å². The molecule has 8 nitrogen and oxygen atoms in total. The molecule has 0 unspecified atom stereocenters.